The molecule has 0 amide bonds. The average molecular weight is 241 g/mol. The van der Waals surface area contributed by atoms with Gasteiger partial charge in [0, 0.05) is 6.42 Å². The van der Waals surface area contributed by atoms with Crippen LogP contribution in [0, 0.1) is 5.92 Å². The highest BCUT2D eigenvalue weighted by Crippen LogP contribution is 2.11. The van der Waals surface area contributed by atoms with Gasteiger partial charge in [-0.15, -0.1) is 0 Å². The molecule has 98 valence electrons. The van der Waals surface area contributed by atoms with Gasteiger partial charge in [0.1, 0.15) is 0 Å². The summed E-state index contributed by atoms with van der Waals surface area (Å²) in [7, 11) is 0. The van der Waals surface area contributed by atoms with E-state index in [9.17, 15) is 0 Å². The minimum atomic E-state index is -0.311. The molecular formula is C12H23N3O2. The Hall–Kier alpha value is -0.940. The maximum atomic E-state index is 5.90. The van der Waals surface area contributed by atoms with Crippen LogP contribution in [0.3, 0.4) is 0 Å². The SMILES string of the molecule is CC(C)CCc1nc(C(N)COC(C)C)no1. The summed E-state index contributed by atoms with van der Waals surface area (Å²) in [6, 6.07) is -0.311. The van der Waals surface area contributed by atoms with Gasteiger partial charge in [-0.25, -0.2) is 0 Å². The second-order valence-electron chi connectivity index (χ2n) is 4.97. The molecule has 1 unspecified atom stereocenters. The van der Waals surface area contributed by atoms with Crippen LogP contribution >= 0.6 is 0 Å². The molecule has 1 rings (SSSR count). The van der Waals surface area contributed by atoms with Gasteiger partial charge in [-0.05, 0) is 26.2 Å². The molecule has 1 atom stereocenters. The molecule has 1 heterocycles. The molecule has 0 spiro atoms. The summed E-state index contributed by atoms with van der Waals surface area (Å²) in [6.45, 7) is 8.69. The lowest BCUT2D eigenvalue weighted by Gasteiger charge is -2.10. The Morgan fingerprint density at radius 3 is 2.59 bits per heavy atom. The third kappa shape index (κ3) is 5.28. The van der Waals surface area contributed by atoms with Gasteiger partial charge in [0.05, 0.1) is 18.8 Å². The van der Waals surface area contributed by atoms with Gasteiger partial charge in [0.25, 0.3) is 0 Å². The highest BCUT2D eigenvalue weighted by molar-refractivity contribution is 4.93. The van der Waals surface area contributed by atoms with Crippen molar-refractivity contribution in [3.63, 3.8) is 0 Å². The standard InChI is InChI=1S/C12H23N3O2/c1-8(2)5-6-11-14-12(15-17-11)10(13)7-16-9(3)4/h8-10H,5-7,13H2,1-4H3. The maximum absolute atomic E-state index is 5.90. The number of nitrogens with zero attached hydrogens (tertiary/aromatic N) is 2. The summed E-state index contributed by atoms with van der Waals surface area (Å²) in [5.74, 6) is 1.82. The lowest BCUT2D eigenvalue weighted by Crippen LogP contribution is -2.20. The predicted octanol–water partition coefficient (Wildman–Crippen LogP) is 2.08. The summed E-state index contributed by atoms with van der Waals surface area (Å²) in [6.07, 6.45) is 2.01. The van der Waals surface area contributed by atoms with Crippen molar-refractivity contribution in [1.82, 2.24) is 10.1 Å². The Balaban J connectivity index is 2.43. The highest BCUT2D eigenvalue weighted by Gasteiger charge is 2.15. The van der Waals surface area contributed by atoms with Crippen molar-refractivity contribution in [2.24, 2.45) is 11.7 Å². The zero-order valence-electron chi connectivity index (χ0n) is 11.1. The van der Waals surface area contributed by atoms with Crippen LogP contribution in [0.2, 0.25) is 0 Å². The van der Waals surface area contributed by atoms with Crippen molar-refractivity contribution in [3.05, 3.63) is 11.7 Å². The van der Waals surface area contributed by atoms with Gasteiger partial charge in [-0.2, -0.15) is 4.98 Å². The second-order valence-corrected chi connectivity index (χ2v) is 4.97. The largest absolute Gasteiger partial charge is 0.377 e. The summed E-state index contributed by atoms with van der Waals surface area (Å²) in [4.78, 5) is 4.28. The van der Waals surface area contributed by atoms with Crippen molar-refractivity contribution >= 4 is 0 Å². The van der Waals surface area contributed by atoms with E-state index in [4.69, 9.17) is 15.0 Å². The molecule has 2 N–H and O–H groups in total. The van der Waals surface area contributed by atoms with Gasteiger partial charge >= 0.3 is 0 Å². The first-order chi connectivity index (χ1) is 7.99. The molecule has 5 nitrogen and oxygen atoms in total. The number of nitrogens with two attached hydrogens (primary N) is 1. The Labute approximate surface area is 103 Å². The van der Waals surface area contributed by atoms with Crippen LogP contribution in [0.25, 0.3) is 0 Å². The number of hydrogen-bond donors (Lipinski definition) is 1. The van der Waals surface area contributed by atoms with E-state index in [1.165, 1.54) is 0 Å². The minimum absolute atomic E-state index is 0.161. The number of rotatable bonds is 7. The molecule has 0 aliphatic heterocycles. The molecule has 0 saturated carbocycles. The second kappa shape index (κ2) is 6.71. The molecule has 1 aromatic rings. The normalized spacial score (nSPS) is 13.6. The van der Waals surface area contributed by atoms with Gasteiger partial charge in [-0.1, -0.05) is 19.0 Å². The lowest BCUT2D eigenvalue weighted by molar-refractivity contribution is 0.0665. The Morgan fingerprint density at radius 2 is 2.00 bits per heavy atom. The number of hydrogen-bond acceptors (Lipinski definition) is 5. The van der Waals surface area contributed by atoms with Gasteiger partial charge in [0.2, 0.25) is 5.89 Å². The van der Waals surface area contributed by atoms with Crippen LogP contribution in [-0.2, 0) is 11.2 Å². The zero-order chi connectivity index (χ0) is 12.8. The Morgan fingerprint density at radius 1 is 1.29 bits per heavy atom. The van der Waals surface area contributed by atoms with E-state index in [-0.39, 0.29) is 12.1 Å². The van der Waals surface area contributed by atoms with Gasteiger partial charge in [-0.3, -0.25) is 0 Å². The lowest BCUT2D eigenvalue weighted by atomic mass is 10.1. The summed E-state index contributed by atoms with van der Waals surface area (Å²) in [5, 5.41) is 3.88. The van der Waals surface area contributed by atoms with E-state index in [0.29, 0.717) is 24.2 Å². The molecule has 0 saturated heterocycles. The fourth-order valence-corrected chi connectivity index (χ4v) is 1.30. The minimum Gasteiger partial charge on any atom is -0.377 e. The fraction of sp³-hybridized carbons (Fsp3) is 0.833. The molecule has 0 bridgehead atoms. The first-order valence-electron chi connectivity index (χ1n) is 6.18. The number of ether oxygens (including phenoxy) is 1. The zero-order valence-corrected chi connectivity index (χ0v) is 11.1. The molecular weight excluding hydrogens is 218 g/mol. The number of aromatic nitrogens is 2. The van der Waals surface area contributed by atoms with Crippen LogP contribution in [-0.4, -0.2) is 22.9 Å². The van der Waals surface area contributed by atoms with Crippen LogP contribution in [0.5, 0.6) is 0 Å². The topological polar surface area (TPSA) is 74.2 Å². The van der Waals surface area contributed by atoms with E-state index >= 15 is 0 Å². The average Bonchev–Trinajstić information content (AvgIpc) is 2.71. The van der Waals surface area contributed by atoms with Crippen LogP contribution < -0.4 is 5.73 Å². The molecule has 5 heteroatoms. The maximum Gasteiger partial charge on any atom is 0.226 e. The van der Waals surface area contributed by atoms with E-state index < -0.39 is 0 Å². The molecule has 17 heavy (non-hydrogen) atoms. The van der Waals surface area contributed by atoms with E-state index in [2.05, 4.69) is 24.0 Å². The first kappa shape index (κ1) is 14.1. The summed E-state index contributed by atoms with van der Waals surface area (Å²) in [5.41, 5.74) is 5.90. The van der Waals surface area contributed by atoms with Crippen molar-refractivity contribution in [2.45, 2.75) is 52.7 Å². The van der Waals surface area contributed by atoms with Crippen molar-refractivity contribution in [2.75, 3.05) is 6.61 Å². The molecule has 0 fully saturated rings. The van der Waals surface area contributed by atoms with Gasteiger partial charge < -0.3 is 15.0 Å². The summed E-state index contributed by atoms with van der Waals surface area (Å²) >= 11 is 0. The van der Waals surface area contributed by atoms with Gasteiger partial charge in [0.15, 0.2) is 5.82 Å². The highest BCUT2D eigenvalue weighted by atomic mass is 16.5. The quantitative estimate of drug-likeness (QED) is 0.791. The third-order valence-corrected chi connectivity index (χ3v) is 2.36. The van der Waals surface area contributed by atoms with Crippen molar-refractivity contribution in [1.29, 1.82) is 0 Å². The summed E-state index contributed by atoms with van der Waals surface area (Å²) < 4.78 is 10.6. The van der Waals surface area contributed by atoms with Crippen LogP contribution in [0.1, 0.15) is 51.9 Å². The fourth-order valence-electron chi connectivity index (χ4n) is 1.30. The van der Waals surface area contributed by atoms with E-state index in [1.54, 1.807) is 0 Å². The third-order valence-electron chi connectivity index (χ3n) is 2.36. The smallest absolute Gasteiger partial charge is 0.226 e. The predicted molar refractivity (Wildman–Crippen MR) is 65.5 cm³/mol. The van der Waals surface area contributed by atoms with Crippen molar-refractivity contribution in [3.8, 4) is 0 Å². The van der Waals surface area contributed by atoms with E-state index in [1.807, 2.05) is 13.8 Å². The molecule has 1 aromatic heterocycles. The molecule has 0 aliphatic carbocycles. The molecule has 0 radical (unpaired) electrons. The molecule has 0 aromatic carbocycles. The van der Waals surface area contributed by atoms with Crippen LogP contribution in [0.4, 0.5) is 0 Å². The Kier molecular flexibility index (Phi) is 5.58. The number of aryl methyl sites for hydroxylation is 1. The van der Waals surface area contributed by atoms with Crippen LogP contribution in [0.15, 0.2) is 4.52 Å². The van der Waals surface area contributed by atoms with E-state index in [0.717, 1.165) is 12.8 Å². The van der Waals surface area contributed by atoms with Crippen molar-refractivity contribution < 1.29 is 9.26 Å². The first-order valence-corrected chi connectivity index (χ1v) is 6.18. The molecule has 0 aliphatic rings. The Bertz CT molecular complexity index is 323. The monoisotopic (exact) mass is 241 g/mol.